The maximum Gasteiger partial charge on any atom is 0.0686 e. The molecule has 3 rings (SSSR count). The zero-order valence-electron chi connectivity index (χ0n) is 13.5. The van der Waals surface area contributed by atoms with E-state index in [2.05, 4.69) is 43.4 Å². The Morgan fingerprint density at radius 2 is 1.95 bits per heavy atom. The van der Waals surface area contributed by atoms with E-state index in [-0.39, 0.29) is 5.60 Å². The Morgan fingerprint density at radius 1 is 1.24 bits per heavy atom. The van der Waals surface area contributed by atoms with E-state index in [0.29, 0.717) is 12.0 Å². The summed E-state index contributed by atoms with van der Waals surface area (Å²) < 4.78 is 6.21. The van der Waals surface area contributed by atoms with Crippen LogP contribution in [0, 0.1) is 12.8 Å². The fraction of sp³-hybridized carbons (Fsp3) is 0.684. The maximum absolute atomic E-state index is 6.21. The van der Waals surface area contributed by atoms with Crippen molar-refractivity contribution in [1.82, 2.24) is 5.32 Å². The molecule has 2 unspecified atom stereocenters. The molecule has 0 bridgehead atoms. The molecule has 2 nitrogen and oxygen atoms in total. The average molecular weight is 287 g/mol. The second-order valence-electron chi connectivity index (χ2n) is 6.94. The van der Waals surface area contributed by atoms with Crippen molar-refractivity contribution in [2.75, 3.05) is 13.2 Å². The summed E-state index contributed by atoms with van der Waals surface area (Å²) in [5, 5.41) is 3.74. The van der Waals surface area contributed by atoms with E-state index in [1.54, 1.807) is 0 Å². The Labute approximate surface area is 129 Å². The second kappa shape index (κ2) is 6.50. The number of rotatable bonds is 4. The highest BCUT2D eigenvalue weighted by Gasteiger charge is 2.42. The minimum absolute atomic E-state index is 0.210. The highest BCUT2D eigenvalue weighted by molar-refractivity contribution is 5.25. The number of nitrogens with one attached hydrogen (secondary N) is 1. The molecule has 0 amide bonds. The van der Waals surface area contributed by atoms with E-state index < -0.39 is 0 Å². The third kappa shape index (κ3) is 3.32. The van der Waals surface area contributed by atoms with E-state index in [4.69, 9.17) is 4.74 Å². The highest BCUT2D eigenvalue weighted by atomic mass is 16.5. The van der Waals surface area contributed by atoms with Crippen molar-refractivity contribution < 1.29 is 4.74 Å². The molecule has 1 aromatic carbocycles. The third-order valence-electron chi connectivity index (χ3n) is 5.38. The lowest BCUT2D eigenvalue weighted by molar-refractivity contribution is -0.0981. The molecule has 0 radical (unpaired) electrons. The summed E-state index contributed by atoms with van der Waals surface area (Å²) in [6.07, 6.45) is 7.67. The first-order chi connectivity index (χ1) is 10.2. The Bertz CT molecular complexity index is 447. The molecular weight excluding hydrogens is 258 g/mol. The van der Waals surface area contributed by atoms with Gasteiger partial charge in [0.15, 0.2) is 0 Å². The predicted molar refractivity (Wildman–Crippen MR) is 87.5 cm³/mol. The van der Waals surface area contributed by atoms with Crippen molar-refractivity contribution in [1.29, 1.82) is 0 Å². The Morgan fingerprint density at radius 3 is 2.62 bits per heavy atom. The molecule has 1 aromatic rings. The Hall–Kier alpha value is -0.860. The van der Waals surface area contributed by atoms with Crippen LogP contribution in [0.3, 0.4) is 0 Å². The van der Waals surface area contributed by atoms with Gasteiger partial charge in [-0.2, -0.15) is 0 Å². The van der Waals surface area contributed by atoms with Gasteiger partial charge in [-0.3, -0.25) is 0 Å². The van der Waals surface area contributed by atoms with Crippen LogP contribution in [0.2, 0.25) is 0 Å². The van der Waals surface area contributed by atoms with Gasteiger partial charge in [0.2, 0.25) is 0 Å². The molecule has 1 heterocycles. The number of benzene rings is 1. The van der Waals surface area contributed by atoms with Crippen LogP contribution in [0.1, 0.15) is 62.6 Å². The van der Waals surface area contributed by atoms with E-state index in [0.717, 1.165) is 13.2 Å². The number of aryl methyl sites for hydroxylation is 1. The van der Waals surface area contributed by atoms with Crippen LogP contribution < -0.4 is 5.32 Å². The zero-order valence-corrected chi connectivity index (χ0v) is 13.5. The largest absolute Gasteiger partial charge is 0.375 e. The molecule has 2 atom stereocenters. The van der Waals surface area contributed by atoms with Crippen molar-refractivity contribution in [2.45, 2.75) is 64.0 Å². The standard InChI is InChI=1S/C19H29NO/c1-3-20-18(16-8-6-15(2)7-9-16)17-10-13-21-19(14-17)11-4-5-12-19/h6-9,17-18,20H,3-5,10-14H2,1-2H3. The SMILES string of the molecule is CCNC(c1ccc(C)cc1)C1CCOC2(CCCC2)C1. The summed E-state index contributed by atoms with van der Waals surface area (Å²) in [4.78, 5) is 0. The summed E-state index contributed by atoms with van der Waals surface area (Å²) in [5.41, 5.74) is 3.00. The summed E-state index contributed by atoms with van der Waals surface area (Å²) in [7, 11) is 0. The van der Waals surface area contributed by atoms with Crippen LogP contribution >= 0.6 is 0 Å². The summed E-state index contributed by atoms with van der Waals surface area (Å²) in [6, 6.07) is 9.57. The smallest absolute Gasteiger partial charge is 0.0686 e. The number of hydrogen-bond donors (Lipinski definition) is 1. The molecule has 1 aliphatic carbocycles. The van der Waals surface area contributed by atoms with Crippen LogP contribution in [0.4, 0.5) is 0 Å². The molecule has 116 valence electrons. The first-order valence-corrected chi connectivity index (χ1v) is 8.66. The molecule has 2 heteroatoms. The van der Waals surface area contributed by atoms with Crippen LogP contribution in [0.5, 0.6) is 0 Å². The Balaban J connectivity index is 1.78. The molecular formula is C19H29NO. The first kappa shape index (κ1) is 15.1. The van der Waals surface area contributed by atoms with E-state index >= 15 is 0 Å². The van der Waals surface area contributed by atoms with Gasteiger partial charge in [0.25, 0.3) is 0 Å². The first-order valence-electron chi connectivity index (χ1n) is 8.66. The van der Waals surface area contributed by atoms with Crippen molar-refractivity contribution in [3.63, 3.8) is 0 Å². The zero-order chi connectivity index (χ0) is 14.7. The molecule has 1 saturated heterocycles. The minimum Gasteiger partial charge on any atom is -0.375 e. The fourth-order valence-electron chi connectivity index (χ4n) is 4.27. The monoisotopic (exact) mass is 287 g/mol. The van der Waals surface area contributed by atoms with Crippen molar-refractivity contribution >= 4 is 0 Å². The van der Waals surface area contributed by atoms with E-state index in [9.17, 15) is 0 Å². The summed E-state index contributed by atoms with van der Waals surface area (Å²) in [6.45, 7) is 6.35. The number of hydrogen-bond acceptors (Lipinski definition) is 2. The average Bonchev–Trinajstić information content (AvgIpc) is 2.94. The van der Waals surface area contributed by atoms with Gasteiger partial charge in [0.05, 0.1) is 5.60 Å². The van der Waals surface area contributed by atoms with E-state index in [1.807, 2.05) is 0 Å². The lowest BCUT2D eigenvalue weighted by atomic mass is 9.78. The van der Waals surface area contributed by atoms with Gasteiger partial charge in [-0.1, -0.05) is 49.6 Å². The normalized spacial score (nSPS) is 26.1. The topological polar surface area (TPSA) is 21.3 Å². The molecule has 2 aliphatic rings. The lowest BCUT2D eigenvalue weighted by Gasteiger charge is -2.41. The summed E-state index contributed by atoms with van der Waals surface area (Å²) >= 11 is 0. The van der Waals surface area contributed by atoms with Gasteiger partial charge in [-0.25, -0.2) is 0 Å². The molecule has 1 spiro atoms. The summed E-state index contributed by atoms with van der Waals surface area (Å²) in [5.74, 6) is 0.708. The lowest BCUT2D eigenvalue weighted by Crippen LogP contribution is -2.42. The molecule has 1 aliphatic heterocycles. The van der Waals surface area contributed by atoms with Gasteiger partial charge in [0, 0.05) is 12.6 Å². The molecule has 1 saturated carbocycles. The quantitative estimate of drug-likeness (QED) is 0.887. The molecule has 1 N–H and O–H groups in total. The third-order valence-corrected chi connectivity index (χ3v) is 5.38. The highest BCUT2D eigenvalue weighted by Crippen LogP contribution is 2.45. The molecule has 0 aromatic heterocycles. The van der Waals surface area contributed by atoms with Gasteiger partial charge in [-0.05, 0) is 50.6 Å². The van der Waals surface area contributed by atoms with Crippen LogP contribution in [0.25, 0.3) is 0 Å². The van der Waals surface area contributed by atoms with Crippen LogP contribution in [-0.2, 0) is 4.74 Å². The van der Waals surface area contributed by atoms with Crippen molar-refractivity contribution in [3.8, 4) is 0 Å². The molecule has 21 heavy (non-hydrogen) atoms. The van der Waals surface area contributed by atoms with Crippen molar-refractivity contribution in [2.24, 2.45) is 5.92 Å². The van der Waals surface area contributed by atoms with Crippen LogP contribution in [0.15, 0.2) is 24.3 Å². The Kier molecular flexibility index (Phi) is 4.66. The van der Waals surface area contributed by atoms with Gasteiger partial charge >= 0.3 is 0 Å². The second-order valence-corrected chi connectivity index (χ2v) is 6.94. The number of ether oxygens (including phenoxy) is 1. The minimum atomic E-state index is 0.210. The van der Waals surface area contributed by atoms with Crippen LogP contribution in [-0.4, -0.2) is 18.8 Å². The van der Waals surface area contributed by atoms with Gasteiger partial charge < -0.3 is 10.1 Å². The van der Waals surface area contributed by atoms with Crippen molar-refractivity contribution in [3.05, 3.63) is 35.4 Å². The van der Waals surface area contributed by atoms with E-state index in [1.165, 1.54) is 49.7 Å². The maximum atomic E-state index is 6.21. The van der Waals surface area contributed by atoms with Gasteiger partial charge in [-0.15, -0.1) is 0 Å². The molecule has 2 fully saturated rings. The van der Waals surface area contributed by atoms with Gasteiger partial charge in [0.1, 0.15) is 0 Å². The fourth-order valence-corrected chi connectivity index (χ4v) is 4.27. The predicted octanol–water partition coefficient (Wildman–Crippen LogP) is 4.39.